The standard InChI is InChI=1S/C18H22N2O3/c1-2-22-18(21)11-14-6-5-7-15(10-14)16-12-19-20(13-16)17-8-3-4-9-23-17/h5-7,10,12-13,17H,2-4,8-9,11H2,1H3. The average Bonchev–Trinajstić information content (AvgIpc) is 3.06. The molecule has 0 aliphatic carbocycles. The molecule has 1 aliphatic rings. The molecule has 1 atom stereocenters. The lowest BCUT2D eigenvalue weighted by Crippen LogP contribution is -2.18. The molecule has 1 aliphatic heterocycles. The van der Waals surface area contributed by atoms with Crippen LogP contribution in [0.2, 0.25) is 0 Å². The van der Waals surface area contributed by atoms with E-state index in [9.17, 15) is 4.79 Å². The molecule has 1 fully saturated rings. The predicted molar refractivity (Wildman–Crippen MR) is 86.8 cm³/mol. The smallest absolute Gasteiger partial charge is 0.310 e. The predicted octanol–water partition coefficient (Wildman–Crippen LogP) is 3.35. The summed E-state index contributed by atoms with van der Waals surface area (Å²) in [4.78, 5) is 11.6. The highest BCUT2D eigenvalue weighted by Gasteiger charge is 2.17. The zero-order chi connectivity index (χ0) is 16.1. The Morgan fingerprint density at radius 2 is 2.30 bits per heavy atom. The largest absolute Gasteiger partial charge is 0.466 e. The lowest BCUT2D eigenvalue weighted by Gasteiger charge is -2.22. The van der Waals surface area contributed by atoms with Gasteiger partial charge in [-0.1, -0.05) is 24.3 Å². The monoisotopic (exact) mass is 314 g/mol. The van der Waals surface area contributed by atoms with E-state index < -0.39 is 0 Å². The van der Waals surface area contributed by atoms with E-state index in [1.807, 2.05) is 48.3 Å². The topological polar surface area (TPSA) is 53.3 Å². The second-order valence-corrected chi connectivity index (χ2v) is 5.71. The molecule has 2 heterocycles. The van der Waals surface area contributed by atoms with Gasteiger partial charge in [0.25, 0.3) is 0 Å². The highest BCUT2D eigenvalue weighted by atomic mass is 16.5. The summed E-state index contributed by atoms with van der Waals surface area (Å²) in [6, 6.07) is 7.94. The summed E-state index contributed by atoms with van der Waals surface area (Å²) in [5.41, 5.74) is 3.03. The number of nitrogens with zero attached hydrogens (tertiary/aromatic N) is 2. The first kappa shape index (κ1) is 15.7. The van der Waals surface area contributed by atoms with E-state index in [4.69, 9.17) is 9.47 Å². The number of carbonyl (C=O) groups excluding carboxylic acids is 1. The first-order valence-corrected chi connectivity index (χ1v) is 8.17. The Morgan fingerprint density at radius 1 is 1.39 bits per heavy atom. The number of carbonyl (C=O) groups is 1. The van der Waals surface area contributed by atoms with E-state index >= 15 is 0 Å². The van der Waals surface area contributed by atoms with Crippen LogP contribution in [0.15, 0.2) is 36.7 Å². The van der Waals surface area contributed by atoms with Crippen LogP contribution in [0.1, 0.15) is 38.0 Å². The van der Waals surface area contributed by atoms with Gasteiger partial charge in [-0.05, 0) is 37.3 Å². The molecule has 0 amide bonds. The van der Waals surface area contributed by atoms with Gasteiger partial charge in [-0.25, -0.2) is 4.68 Å². The molecule has 5 heteroatoms. The third kappa shape index (κ3) is 3.99. The first-order chi connectivity index (χ1) is 11.3. The van der Waals surface area contributed by atoms with Crippen molar-refractivity contribution in [1.29, 1.82) is 0 Å². The number of esters is 1. The zero-order valence-electron chi connectivity index (χ0n) is 13.4. The number of rotatable bonds is 5. The molecule has 1 aromatic carbocycles. The second kappa shape index (κ2) is 7.42. The number of aromatic nitrogens is 2. The second-order valence-electron chi connectivity index (χ2n) is 5.71. The lowest BCUT2D eigenvalue weighted by molar-refractivity contribution is -0.142. The quantitative estimate of drug-likeness (QED) is 0.794. The molecule has 1 saturated heterocycles. The molecule has 1 unspecified atom stereocenters. The van der Waals surface area contributed by atoms with Crippen molar-refractivity contribution in [2.75, 3.05) is 13.2 Å². The summed E-state index contributed by atoms with van der Waals surface area (Å²) in [6.07, 6.45) is 7.50. The van der Waals surface area contributed by atoms with Crippen molar-refractivity contribution in [2.24, 2.45) is 0 Å². The SMILES string of the molecule is CCOC(=O)Cc1cccc(-c2cnn(C3CCCCO3)c2)c1. The fourth-order valence-electron chi connectivity index (χ4n) is 2.82. The molecule has 1 aromatic heterocycles. The van der Waals surface area contributed by atoms with Gasteiger partial charge in [0.2, 0.25) is 0 Å². The Balaban J connectivity index is 1.74. The minimum atomic E-state index is -0.198. The maximum atomic E-state index is 11.6. The van der Waals surface area contributed by atoms with Crippen molar-refractivity contribution in [2.45, 2.75) is 38.8 Å². The molecule has 0 N–H and O–H groups in total. The summed E-state index contributed by atoms with van der Waals surface area (Å²) >= 11 is 0. The molecule has 0 bridgehead atoms. The van der Waals surface area contributed by atoms with Gasteiger partial charge in [0, 0.05) is 18.4 Å². The van der Waals surface area contributed by atoms with Gasteiger partial charge < -0.3 is 9.47 Å². The van der Waals surface area contributed by atoms with Crippen LogP contribution >= 0.6 is 0 Å². The molecule has 3 rings (SSSR count). The van der Waals surface area contributed by atoms with E-state index in [1.54, 1.807) is 0 Å². The van der Waals surface area contributed by atoms with Crippen molar-refractivity contribution < 1.29 is 14.3 Å². The van der Waals surface area contributed by atoms with Crippen LogP contribution in [0, 0.1) is 0 Å². The summed E-state index contributed by atoms with van der Waals surface area (Å²) in [5.74, 6) is -0.198. The van der Waals surface area contributed by atoms with Crippen LogP contribution in [0.3, 0.4) is 0 Å². The minimum Gasteiger partial charge on any atom is -0.466 e. The normalized spacial score (nSPS) is 17.9. The van der Waals surface area contributed by atoms with Gasteiger partial charge in [0.1, 0.15) is 6.23 Å². The Bertz CT molecular complexity index is 660. The summed E-state index contributed by atoms with van der Waals surface area (Å²) in [5, 5.41) is 4.44. The third-order valence-electron chi connectivity index (χ3n) is 3.97. The van der Waals surface area contributed by atoms with Crippen molar-refractivity contribution in [3.63, 3.8) is 0 Å². The van der Waals surface area contributed by atoms with Crippen LogP contribution in [0.5, 0.6) is 0 Å². The molecule has 23 heavy (non-hydrogen) atoms. The number of benzene rings is 1. The Kier molecular flexibility index (Phi) is 5.08. The summed E-state index contributed by atoms with van der Waals surface area (Å²) in [7, 11) is 0. The van der Waals surface area contributed by atoms with E-state index in [2.05, 4.69) is 5.10 Å². The highest BCUT2D eigenvalue weighted by Crippen LogP contribution is 2.25. The van der Waals surface area contributed by atoms with E-state index in [1.165, 1.54) is 6.42 Å². The third-order valence-corrected chi connectivity index (χ3v) is 3.97. The van der Waals surface area contributed by atoms with E-state index in [0.29, 0.717) is 13.0 Å². The zero-order valence-corrected chi connectivity index (χ0v) is 13.4. The molecular weight excluding hydrogens is 292 g/mol. The van der Waals surface area contributed by atoms with Gasteiger partial charge >= 0.3 is 5.97 Å². The molecule has 0 spiro atoms. The van der Waals surface area contributed by atoms with Crippen LogP contribution < -0.4 is 0 Å². The maximum Gasteiger partial charge on any atom is 0.310 e. The van der Waals surface area contributed by atoms with E-state index in [-0.39, 0.29) is 12.2 Å². The Hall–Kier alpha value is -2.14. The minimum absolute atomic E-state index is 0.0419. The van der Waals surface area contributed by atoms with Crippen LogP contribution in [-0.2, 0) is 20.7 Å². The van der Waals surface area contributed by atoms with Crippen molar-refractivity contribution in [1.82, 2.24) is 9.78 Å². The first-order valence-electron chi connectivity index (χ1n) is 8.17. The molecule has 0 radical (unpaired) electrons. The molecular formula is C18H22N2O3. The number of ether oxygens (including phenoxy) is 2. The highest BCUT2D eigenvalue weighted by molar-refractivity contribution is 5.73. The summed E-state index contributed by atoms with van der Waals surface area (Å²) < 4.78 is 12.7. The number of hydrogen-bond donors (Lipinski definition) is 0. The van der Waals surface area contributed by atoms with Crippen molar-refractivity contribution in [3.05, 3.63) is 42.2 Å². The molecule has 0 saturated carbocycles. The van der Waals surface area contributed by atoms with Gasteiger partial charge in [0.15, 0.2) is 0 Å². The molecule has 122 valence electrons. The Morgan fingerprint density at radius 3 is 3.09 bits per heavy atom. The average molecular weight is 314 g/mol. The van der Waals surface area contributed by atoms with Crippen LogP contribution in [0.25, 0.3) is 11.1 Å². The summed E-state index contributed by atoms with van der Waals surface area (Å²) in [6.45, 7) is 3.03. The van der Waals surface area contributed by atoms with Gasteiger partial charge in [-0.2, -0.15) is 5.10 Å². The van der Waals surface area contributed by atoms with Gasteiger partial charge in [-0.15, -0.1) is 0 Å². The number of hydrogen-bond acceptors (Lipinski definition) is 4. The lowest BCUT2D eigenvalue weighted by atomic mass is 10.0. The van der Waals surface area contributed by atoms with Crippen LogP contribution in [0.4, 0.5) is 0 Å². The molecule has 2 aromatic rings. The fourth-order valence-corrected chi connectivity index (χ4v) is 2.82. The van der Waals surface area contributed by atoms with Gasteiger partial charge in [-0.3, -0.25) is 4.79 Å². The van der Waals surface area contributed by atoms with Crippen molar-refractivity contribution in [3.8, 4) is 11.1 Å². The van der Waals surface area contributed by atoms with Crippen LogP contribution in [-0.4, -0.2) is 29.0 Å². The fraction of sp³-hybridized carbons (Fsp3) is 0.444. The van der Waals surface area contributed by atoms with Gasteiger partial charge in [0.05, 0.1) is 19.2 Å². The van der Waals surface area contributed by atoms with Crippen molar-refractivity contribution >= 4 is 5.97 Å². The van der Waals surface area contributed by atoms with E-state index in [0.717, 1.165) is 36.1 Å². The maximum absolute atomic E-state index is 11.6. The Labute approximate surface area is 136 Å². The molecule has 5 nitrogen and oxygen atoms in total.